The van der Waals surface area contributed by atoms with Crippen molar-refractivity contribution in [2.75, 3.05) is 13.2 Å². The van der Waals surface area contributed by atoms with E-state index in [0.717, 1.165) is 19.4 Å². The maximum atomic E-state index is 9.95. The van der Waals surface area contributed by atoms with Gasteiger partial charge in [0, 0.05) is 6.04 Å². The molecule has 1 saturated heterocycles. The van der Waals surface area contributed by atoms with Crippen LogP contribution in [0.3, 0.4) is 0 Å². The van der Waals surface area contributed by atoms with Crippen LogP contribution in [0.1, 0.15) is 19.3 Å². The van der Waals surface area contributed by atoms with Gasteiger partial charge in [0.15, 0.2) is 0 Å². The largest absolute Gasteiger partial charge is 0.508 e. The first kappa shape index (κ1) is 12.2. The van der Waals surface area contributed by atoms with Crippen LogP contribution in [0.5, 0.6) is 11.5 Å². The fraction of sp³-hybridized carbons (Fsp3) is 0.538. The van der Waals surface area contributed by atoms with Crippen LogP contribution < -0.4 is 10.1 Å². The molecule has 0 bridgehead atoms. The van der Waals surface area contributed by atoms with Crippen LogP contribution in [0.25, 0.3) is 0 Å². The summed E-state index contributed by atoms with van der Waals surface area (Å²) in [7, 11) is 0. The molecule has 1 heterocycles. The SMILES string of the molecule is Oc1ccc(OC[C@@H](O)[C@H]2CCCCN2)cc1. The Hall–Kier alpha value is -1.26. The lowest BCUT2D eigenvalue weighted by atomic mass is 10.0. The third kappa shape index (κ3) is 3.61. The van der Waals surface area contributed by atoms with Crippen LogP contribution in [0.2, 0.25) is 0 Å². The first-order valence-corrected chi connectivity index (χ1v) is 6.09. The van der Waals surface area contributed by atoms with Gasteiger partial charge in [-0.25, -0.2) is 0 Å². The molecule has 4 heteroatoms. The maximum Gasteiger partial charge on any atom is 0.119 e. The number of nitrogens with one attached hydrogen (secondary N) is 1. The minimum Gasteiger partial charge on any atom is -0.508 e. The third-order valence-corrected chi connectivity index (χ3v) is 3.07. The Morgan fingerprint density at radius 2 is 2.06 bits per heavy atom. The third-order valence-electron chi connectivity index (χ3n) is 3.07. The second-order valence-corrected chi connectivity index (χ2v) is 4.43. The Balaban J connectivity index is 1.78. The first-order valence-electron chi connectivity index (χ1n) is 6.09. The van der Waals surface area contributed by atoms with E-state index in [-0.39, 0.29) is 18.4 Å². The lowest BCUT2D eigenvalue weighted by Crippen LogP contribution is -2.45. The van der Waals surface area contributed by atoms with Crippen LogP contribution >= 0.6 is 0 Å². The number of hydrogen-bond acceptors (Lipinski definition) is 4. The number of benzene rings is 1. The predicted octanol–water partition coefficient (Wildman–Crippen LogP) is 1.27. The quantitative estimate of drug-likeness (QED) is 0.738. The zero-order valence-corrected chi connectivity index (χ0v) is 9.80. The summed E-state index contributed by atoms with van der Waals surface area (Å²) < 4.78 is 5.47. The molecule has 0 radical (unpaired) electrons. The van der Waals surface area contributed by atoms with E-state index in [0.29, 0.717) is 5.75 Å². The number of hydrogen-bond donors (Lipinski definition) is 3. The van der Waals surface area contributed by atoms with Gasteiger partial charge < -0.3 is 20.3 Å². The maximum absolute atomic E-state index is 9.95. The zero-order valence-electron chi connectivity index (χ0n) is 9.80. The Labute approximate surface area is 101 Å². The van der Waals surface area contributed by atoms with E-state index in [9.17, 15) is 5.11 Å². The molecule has 1 fully saturated rings. The fourth-order valence-electron chi connectivity index (χ4n) is 2.05. The average molecular weight is 237 g/mol. The number of phenols is 1. The van der Waals surface area contributed by atoms with E-state index in [4.69, 9.17) is 9.84 Å². The molecule has 1 aromatic rings. The molecule has 1 aliphatic heterocycles. The molecule has 0 amide bonds. The second-order valence-electron chi connectivity index (χ2n) is 4.43. The van der Waals surface area contributed by atoms with Gasteiger partial charge in [0.25, 0.3) is 0 Å². The average Bonchev–Trinajstić information content (AvgIpc) is 2.39. The number of ether oxygens (including phenoxy) is 1. The van der Waals surface area contributed by atoms with Crippen molar-refractivity contribution in [3.8, 4) is 11.5 Å². The second kappa shape index (κ2) is 5.89. The molecule has 94 valence electrons. The Bertz CT molecular complexity index is 333. The van der Waals surface area contributed by atoms with E-state index < -0.39 is 6.10 Å². The monoisotopic (exact) mass is 237 g/mol. The van der Waals surface area contributed by atoms with Crippen molar-refractivity contribution >= 4 is 0 Å². The predicted molar refractivity (Wildman–Crippen MR) is 65.3 cm³/mol. The van der Waals surface area contributed by atoms with Crippen molar-refractivity contribution < 1.29 is 14.9 Å². The smallest absolute Gasteiger partial charge is 0.119 e. The van der Waals surface area contributed by atoms with Crippen molar-refractivity contribution in [3.05, 3.63) is 24.3 Å². The number of phenolic OH excluding ortho intramolecular Hbond substituents is 1. The van der Waals surface area contributed by atoms with E-state index in [1.165, 1.54) is 6.42 Å². The number of aliphatic hydroxyl groups excluding tert-OH is 1. The van der Waals surface area contributed by atoms with Gasteiger partial charge in [0.2, 0.25) is 0 Å². The van der Waals surface area contributed by atoms with Crippen LogP contribution in [0.15, 0.2) is 24.3 Å². The normalized spacial score (nSPS) is 22.1. The van der Waals surface area contributed by atoms with Gasteiger partial charge in [-0.15, -0.1) is 0 Å². The van der Waals surface area contributed by atoms with Gasteiger partial charge in [0.1, 0.15) is 24.2 Å². The summed E-state index contributed by atoms with van der Waals surface area (Å²) in [6, 6.07) is 6.66. The molecule has 0 saturated carbocycles. The molecule has 2 rings (SSSR count). The highest BCUT2D eigenvalue weighted by Crippen LogP contribution is 2.17. The molecule has 0 spiro atoms. The van der Waals surface area contributed by atoms with Gasteiger partial charge in [-0.1, -0.05) is 6.42 Å². The minimum absolute atomic E-state index is 0.140. The van der Waals surface area contributed by atoms with Crippen molar-refractivity contribution in [1.29, 1.82) is 0 Å². The Morgan fingerprint density at radius 1 is 1.29 bits per heavy atom. The molecular weight excluding hydrogens is 218 g/mol. The number of aliphatic hydroxyl groups is 1. The number of rotatable bonds is 4. The molecule has 0 aromatic heterocycles. The summed E-state index contributed by atoms with van der Waals surface area (Å²) in [6.45, 7) is 1.25. The molecule has 3 N–H and O–H groups in total. The molecule has 2 atom stereocenters. The van der Waals surface area contributed by atoms with Crippen molar-refractivity contribution in [3.63, 3.8) is 0 Å². The summed E-state index contributed by atoms with van der Waals surface area (Å²) >= 11 is 0. The molecule has 1 aliphatic rings. The standard InChI is InChI=1S/C13H19NO3/c15-10-4-6-11(7-5-10)17-9-13(16)12-3-1-2-8-14-12/h4-7,12-16H,1-3,8-9H2/t12-,13-/m1/s1. The molecule has 17 heavy (non-hydrogen) atoms. The number of aromatic hydroxyl groups is 1. The summed E-state index contributed by atoms with van der Waals surface area (Å²) in [5.41, 5.74) is 0. The minimum atomic E-state index is -0.482. The van der Waals surface area contributed by atoms with Gasteiger partial charge in [-0.05, 0) is 43.7 Å². The Kier molecular flexibility index (Phi) is 4.23. The molecule has 1 aromatic carbocycles. The number of piperidine rings is 1. The summed E-state index contributed by atoms with van der Waals surface area (Å²) in [6.07, 6.45) is 2.86. The lowest BCUT2D eigenvalue weighted by molar-refractivity contribution is 0.0639. The highest BCUT2D eigenvalue weighted by molar-refractivity contribution is 5.30. The van der Waals surface area contributed by atoms with Crippen LogP contribution in [0, 0.1) is 0 Å². The fourth-order valence-corrected chi connectivity index (χ4v) is 2.05. The summed E-state index contributed by atoms with van der Waals surface area (Å²) in [5.74, 6) is 0.879. The molecule has 4 nitrogen and oxygen atoms in total. The highest BCUT2D eigenvalue weighted by Gasteiger charge is 2.21. The van der Waals surface area contributed by atoms with Crippen LogP contribution in [0.4, 0.5) is 0 Å². The summed E-state index contributed by atoms with van der Waals surface area (Å²) in [5, 5.41) is 22.4. The van der Waals surface area contributed by atoms with E-state index >= 15 is 0 Å². The van der Waals surface area contributed by atoms with E-state index in [1.54, 1.807) is 24.3 Å². The molecule has 0 unspecified atom stereocenters. The first-order chi connectivity index (χ1) is 8.25. The summed E-state index contributed by atoms with van der Waals surface area (Å²) in [4.78, 5) is 0. The molecular formula is C13H19NO3. The van der Waals surface area contributed by atoms with Crippen molar-refractivity contribution in [2.24, 2.45) is 0 Å². The van der Waals surface area contributed by atoms with Gasteiger partial charge in [-0.2, -0.15) is 0 Å². The van der Waals surface area contributed by atoms with E-state index in [1.807, 2.05) is 0 Å². The van der Waals surface area contributed by atoms with Crippen molar-refractivity contribution in [1.82, 2.24) is 5.32 Å². The van der Waals surface area contributed by atoms with Gasteiger partial charge in [0.05, 0.1) is 0 Å². The zero-order chi connectivity index (χ0) is 12.1. The van der Waals surface area contributed by atoms with E-state index in [2.05, 4.69) is 5.32 Å². The van der Waals surface area contributed by atoms with Crippen molar-refractivity contribution in [2.45, 2.75) is 31.4 Å². The topological polar surface area (TPSA) is 61.7 Å². The van der Waals surface area contributed by atoms with Crippen LogP contribution in [-0.4, -0.2) is 35.5 Å². The lowest BCUT2D eigenvalue weighted by Gasteiger charge is -2.27. The van der Waals surface area contributed by atoms with Gasteiger partial charge in [-0.3, -0.25) is 0 Å². The Morgan fingerprint density at radius 3 is 2.71 bits per heavy atom. The van der Waals surface area contributed by atoms with Gasteiger partial charge >= 0.3 is 0 Å². The highest BCUT2D eigenvalue weighted by atomic mass is 16.5. The molecule has 0 aliphatic carbocycles. The van der Waals surface area contributed by atoms with Crippen LogP contribution in [-0.2, 0) is 0 Å².